The highest BCUT2D eigenvalue weighted by Gasteiger charge is 2.50. The number of rotatable bonds is 2. The Bertz CT molecular complexity index is 2410. The van der Waals surface area contributed by atoms with E-state index in [1.54, 1.807) is 45.9 Å². The number of phenols is 2. The Hall–Kier alpha value is -5.28. The van der Waals surface area contributed by atoms with Crippen LogP contribution in [0, 0.1) is 30.6 Å². The standard InChI is InChI=1S/C44H52N2O12/c1-18(2)25-16-26(47)32-28(17-25)57-41-33(45-32)29-30-38(51)24(8)40-31(29)42(53)44(9,58-40)56-15-14-27(55-10)21(5)36(49)23(7)37(50)22(6)35(48)19(3)12-11-13-20(4)43(54)46-34(41)39(30)52/h11-19,21-23,27,35-37,47-51H,1-10H3,(H,46,54)/b12-11+,15-14+,20-13-/t19-,21+,22+,23-,27-,35-,36+,37+,44-/m0/s1. The van der Waals surface area contributed by atoms with Crippen LogP contribution in [0.2, 0.25) is 0 Å². The summed E-state index contributed by atoms with van der Waals surface area (Å²) in [5.74, 6) is -7.07. The third-order valence-electron chi connectivity index (χ3n) is 11.8. The number of allylic oxidation sites excluding steroid dienone is 2. The van der Waals surface area contributed by atoms with Gasteiger partial charge in [-0.3, -0.25) is 14.4 Å². The number of aliphatic hydroxyl groups is 3. The van der Waals surface area contributed by atoms with E-state index in [0.717, 1.165) is 0 Å². The van der Waals surface area contributed by atoms with Crippen molar-refractivity contribution in [3.8, 4) is 28.7 Å². The molecule has 4 aliphatic rings. The Kier molecular flexibility index (Phi) is 11.5. The predicted molar refractivity (Wildman–Crippen MR) is 217 cm³/mol. The minimum Gasteiger partial charge on any atom is -0.507 e. The molecule has 14 heteroatoms. The number of nitrogens with zero attached hydrogens (tertiary/aromatic N) is 1. The number of methoxy groups -OCH3 is 1. The van der Waals surface area contributed by atoms with Gasteiger partial charge in [-0.25, -0.2) is 4.98 Å². The molecule has 6 N–H and O–H groups in total. The molecule has 9 atom stereocenters. The summed E-state index contributed by atoms with van der Waals surface area (Å²) in [6.07, 6.45) is 3.39. The second-order valence-electron chi connectivity index (χ2n) is 16.2. The number of aromatic nitrogens is 1. The molecule has 1 aliphatic carbocycles. The van der Waals surface area contributed by atoms with E-state index < -0.39 is 76.7 Å². The summed E-state index contributed by atoms with van der Waals surface area (Å²) >= 11 is 0. The normalized spacial score (nSPS) is 30.7. The number of anilines is 1. The monoisotopic (exact) mass is 800 g/mol. The molecule has 310 valence electrons. The summed E-state index contributed by atoms with van der Waals surface area (Å²) in [7, 11) is 1.43. The minimum atomic E-state index is -2.04. The van der Waals surface area contributed by atoms with Gasteiger partial charge in [0.1, 0.15) is 34.1 Å². The predicted octanol–water partition coefficient (Wildman–Crippen LogP) is 6.21. The Morgan fingerprint density at radius 3 is 2.22 bits per heavy atom. The lowest BCUT2D eigenvalue weighted by Crippen LogP contribution is -2.44. The molecule has 2 aromatic carbocycles. The van der Waals surface area contributed by atoms with Crippen LogP contribution in [0.25, 0.3) is 33.3 Å². The fourth-order valence-electron chi connectivity index (χ4n) is 7.85. The van der Waals surface area contributed by atoms with Gasteiger partial charge in [0.2, 0.25) is 5.43 Å². The summed E-state index contributed by atoms with van der Waals surface area (Å²) in [5.41, 5.74) is -0.515. The highest BCUT2D eigenvalue weighted by Crippen LogP contribution is 2.51. The largest absolute Gasteiger partial charge is 0.507 e. The molecule has 6 rings (SSSR count). The first-order valence-electron chi connectivity index (χ1n) is 19.4. The number of ether oxygens (including phenoxy) is 3. The first kappa shape index (κ1) is 42.3. The number of aliphatic hydroxyl groups excluding tert-OH is 3. The smallest absolute Gasteiger partial charge is 0.312 e. The zero-order valence-corrected chi connectivity index (χ0v) is 34.3. The van der Waals surface area contributed by atoms with Crippen LogP contribution in [-0.2, 0) is 14.3 Å². The van der Waals surface area contributed by atoms with Gasteiger partial charge < -0.3 is 49.5 Å². The lowest BCUT2D eigenvalue weighted by Gasteiger charge is -2.36. The molecule has 0 unspecified atom stereocenters. The number of hydrogen-bond donors (Lipinski definition) is 6. The maximum absolute atomic E-state index is 14.6. The Balaban J connectivity index is 1.62. The highest BCUT2D eigenvalue weighted by molar-refractivity contribution is 6.22. The van der Waals surface area contributed by atoms with E-state index in [0.29, 0.717) is 5.56 Å². The summed E-state index contributed by atoms with van der Waals surface area (Å²) in [6, 6.07) is 3.19. The molecule has 58 heavy (non-hydrogen) atoms. The molecule has 0 saturated heterocycles. The van der Waals surface area contributed by atoms with Crippen LogP contribution in [0.3, 0.4) is 0 Å². The SMILES string of the molecule is CO[C@H]1/C=C/O[C@@]2(C)Oc3c(C)c(O)c4c(=O)c(c5oc6cc(C(C)C)cc(O)c6nc-5c4c3C2=O)NC(=O)/C(C)=C\C=C\[C@H](C)[C@H](O)[C@@H](C)[C@@H](O)[C@@H](C)[C@H](O)[C@@H]1C. The van der Waals surface area contributed by atoms with Gasteiger partial charge in [0.15, 0.2) is 11.3 Å². The van der Waals surface area contributed by atoms with Gasteiger partial charge in [-0.15, -0.1) is 0 Å². The van der Waals surface area contributed by atoms with Gasteiger partial charge in [-0.05, 0) is 43.5 Å². The summed E-state index contributed by atoms with van der Waals surface area (Å²) < 4.78 is 24.1. The van der Waals surface area contributed by atoms with Gasteiger partial charge in [0.05, 0.1) is 41.6 Å². The van der Waals surface area contributed by atoms with Crippen molar-refractivity contribution in [3.05, 3.63) is 75.2 Å². The number of hydrogen-bond acceptors (Lipinski definition) is 13. The van der Waals surface area contributed by atoms with Crippen molar-refractivity contribution >= 4 is 39.2 Å². The van der Waals surface area contributed by atoms with E-state index in [4.69, 9.17) is 23.6 Å². The van der Waals surface area contributed by atoms with Crippen molar-refractivity contribution in [1.82, 2.24) is 4.98 Å². The van der Waals surface area contributed by atoms with Crippen LogP contribution in [-0.4, -0.2) is 79.5 Å². The van der Waals surface area contributed by atoms with Crippen LogP contribution in [0.5, 0.6) is 17.2 Å². The second-order valence-corrected chi connectivity index (χ2v) is 16.2. The Morgan fingerprint density at radius 2 is 1.57 bits per heavy atom. The molecule has 3 heterocycles. The minimum absolute atomic E-state index is 0.000000582. The van der Waals surface area contributed by atoms with Crippen molar-refractivity contribution in [2.75, 3.05) is 12.4 Å². The average Bonchev–Trinajstić information content (AvgIpc) is 3.45. The van der Waals surface area contributed by atoms with Crippen molar-refractivity contribution in [2.45, 2.75) is 98.4 Å². The van der Waals surface area contributed by atoms with Gasteiger partial charge in [0, 0.05) is 54.2 Å². The Labute approximate surface area is 335 Å². The molecule has 2 aromatic rings. The van der Waals surface area contributed by atoms with E-state index in [-0.39, 0.29) is 73.1 Å². The summed E-state index contributed by atoms with van der Waals surface area (Å²) in [4.78, 5) is 47.6. The van der Waals surface area contributed by atoms with Crippen molar-refractivity contribution in [1.29, 1.82) is 0 Å². The molecule has 0 fully saturated rings. The number of nitrogens with one attached hydrogen (secondary N) is 1. The van der Waals surface area contributed by atoms with Gasteiger partial charge in [-0.2, -0.15) is 0 Å². The van der Waals surface area contributed by atoms with Gasteiger partial charge in [-0.1, -0.05) is 59.8 Å². The quantitative estimate of drug-likeness (QED) is 0.0983. The van der Waals surface area contributed by atoms with Crippen LogP contribution in [0.4, 0.5) is 5.69 Å². The number of carbonyl (C=O) groups excluding carboxylic acids is 2. The first-order valence-corrected chi connectivity index (χ1v) is 19.4. The zero-order valence-electron chi connectivity index (χ0n) is 34.3. The van der Waals surface area contributed by atoms with Crippen LogP contribution < -0.4 is 15.5 Å². The molecule has 0 aromatic heterocycles. The fraction of sp³-hybridized carbons (Fsp3) is 0.455. The lowest BCUT2D eigenvalue weighted by atomic mass is 9.78. The number of aromatic hydroxyl groups is 2. The number of ketones is 1. The number of fused-ring (bicyclic) bond motifs is 2. The molecule has 3 aliphatic heterocycles. The second kappa shape index (κ2) is 15.8. The number of carbonyl (C=O) groups is 2. The highest BCUT2D eigenvalue weighted by atomic mass is 16.7. The van der Waals surface area contributed by atoms with E-state index in [2.05, 4.69) is 5.32 Å². The van der Waals surface area contributed by atoms with E-state index in [9.17, 15) is 39.9 Å². The molecular formula is C44H52N2O12. The van der Waals surface area contributed by atoms with Gasteiger partial charge >= 0.3 is 5.79 Å². The molecule has 0 saturated carbocycles. The van der Waals surface area contributed by atoms with E-state index in [1.165, 1.54) is 52.4 Å². The summed E-state index contributed by atoms with van der Waals surface area (Å²) in [6.45, 7) is 15.0. The van der Waals surface area contributed by atoms with E-state index >= 15 is 0 Å². The van der Waals surface area contributed by atoms with Crippen LogP contribution in [0.15, 0.2) is 57.5 Å². The Morgan fingerprint density at radius 1 is 0.914 bits per heavy atom. The molecular weight excluding hydrogens is 748 g/mol. The summed E-state index contributed by atoms with van der Waals surface area (Å²) in [5, 5.41) is 58.9. The molecule has 0 radical (unpaired) electrons. The number of phenolic OH excluding ortho intramolecular Hbond substituents is 2. The zero-order chi connectivity index (χ0) is 42.7. The van der Waals surface area contributed by atoms with Crippen LogP contribution >= 0.6 is 0 Å². The van der Waals surface area contributed by atoms with Crippen molar-refractivity contribution in [2.24, 2.45) is 23.7 Å². The van der Waals surface area contributed by atoms with Gasteiger partial charge in [0.25, 0.3) is 11.7 Å². The maximum Gasteiger partial charge on any atom is 0.312 e. The topological polar surface area (TPSA) is 218 Å². The molecule has 1 amide bonds. The first-order chi connectivity index (χ1) is 27.2. The van der Waals surface area contributed by atoms with Crippen molar-refractivity contribution < 1.29 is 53.7 Å². The van der Waals surface area contributed by atoms with Crippen molar-refractivity contribution in [3.63, 3.8) is 0 Å². The third kappa shape index (κ3) is 7.12. The third-order valence-corrected chi connectivity index (χ3v) is 11.8. The molecule has 0 spiro atoms. The fourth-order valence-corrected chi connectivity index (χ4v) is 7.85. The number of amides is 1. The average molecular weight is 801 g/mol. The number of Topliss-reactive ketones (excluding diaryl/α,β-unsaturated/α-hetero) is 1. The lowest BCUT2D eigenvalue weighted by molar-refractivity contribution is -0.112. The maximum atomic E-state index is 14.6. The molecule has 14 nitrogen and oxygen atoms in total. The number of benzene rings is 3. The van der Waals surface area contributed by atoms with Crippen LogP contribution in [0.1, 0.15) is 82.8 Å². The van der Waals surface area contributed by atoms with E-state index in [1.807, 2.05) is 13.8 Å². The molecule has 4 bridgehead atoms.